The number of ether oxygens (including phenoxy) is 1. The molecule has 2 heterocycles. The van der Waals surface area contributed by atoms with Gasteiger partial charge in [-0.3, -0.25) is 4.79 Å². The first kappa shape index (κ1) is 17.8. The summed E-state index contributed by atoms with van der Waals surface area (Å²) in [6.45, 7) is 3.91. The molecule has 0 saturated carbocycles. The number of carbonyl (C=O) groups is 2. The Morgan fingerprint density at radius 2 is 1.93 bits per heavy atom. The van der Waals surface area contributed by atoms with E-state index in [1.165, 1.54) is 0 Å². The molecule has 7 heteroatoms. The lowest BCUT2D eigenvalue weighted by atomic mass is 10.0. The van der Waals surface area contributed by atoms with Gasteiger partial charge >= 0.3 is 5.97 Å². The number of aryl methyl sites for hydroxylation is 1. The molecule has 0 radical (unpaired) electrons. The van der Waals surface area contributed by atoms with E-state index >= 15 is 0 Å². The Kier molecular flexibility index (Phi) is 4.57. The van der Waals surface area contributed by atoms with Gasteiger partial charge in [0.25, 0.3) is 5.91 Å². The summed E-state index contributed by atoms with van der Waals surface area (Å²) in [5.41, 5.74) is 3.79. The van der Waals surface area contributed by atoms with Gasteiger partial charge in [0, 0.05) is 11.8 Å². The van der Waals surface area contributed by atoms with Crippen LogP contribution >= 0.6 is 0 Å². The van der Waals surface area contributed by atoms with Gasteiger partial charge in [0.05, 0.1) is 23.5 Å². The first-order valence-corrected chi connectivity index (χ1v) is 9.07. The highest BCUT2D eigenvalue weighted by Gasteiger charge is 2.31. The van der Waals surface area contributed by atoms with Gasteiger partial charge < -0.3 is 15.4 Å². The minimum atomic E-state index is -0.599. The summed E-state index contributed by atoms with van der Waals surface area (Å²) in [5, 5.41) is 10.7. The first-order valence-electron chi connectivity index (χ1n) is 9.07. The lowest BCUT2D eigenvalue weighted by Crippen LogP contribution is -2.39. The average Bonchev–Trinajstić information content (AvgIpc) is 3.15. The molecule has 0 bridgehead atoms. The normalized spacial score (nSPS) is 15.4. The van der Waals surface area contributed by atoms with Gasteiger partial charge in [-0.15, -0.1) is 0 Å². The highest BCUT2D eigenvalue weighted by molar-refractivity contribution is 6.02. The maximum Gasteiger partial charge on any atom is 0.359 e. The largest absolute Gasteiger partial charge is 0.461 e. The fourth-order valence-corrected chi connectivity index (χ4v) is 3.26. The summed E-state index contributed by atoms with van der Waals surface area (Å²) in [7, 11) is 0. The Balaban J connectivity index is 1.78. The van der Waals surface area contributed by atoms with E-state index in [0.29, 0.717) is 11.1 Å². The van der Waals surface area contributed by atoms with Crippen LogP contribution in [0.2, 0.25) is 0 Å². The monoisotopic (exact) mass is 376 g/mol. The summed E-state index contributed by atoms with van der Waals surface area (Å²) < 4.78 is 6.79. The lowest BCUT2D eigenvalue weighted by molar-refractivity contribution is 0.0516. The van der Waals surface area contributed by atoms with Crippen molar-refractivity contribution in [1.29, 1.82) is 0 Å². The number of fused-ring (bicyclic) bond motifs is 1. The van der Waals surface area contributed by atoms with Crippen molar-refractivity contribution in [3.05, 3.63) is 77.1 Å². The molecule has 1 aromatic heterocycles. The Labute approximate surface area is 162 Å². The number of amides is 1. The quantitative estimate of drug-likeness (QED) is 0.683. The van der Waals surface area contributed by atoms with Crippen LogP contribution in [0.15, 0.2) is 54.7 Å². The molecule has 1 aliphatic heterocycles. The van der Waals surface area contributed by atoms with Crippen LogP contribution in [0, 0.1) is 6.92 Å². The zero-order chi connectivity index (χ0) is 19.7. The van der Waals surface area contributed by atoms with Crippen LogP contribution in [0.3, 0.4) is 0 Å². The van der Waals surface area contributed by atoms with E-state index in [1.54, 1.807) is 23.9 Å². The maximum atomic E-state index is 12.6. The van der Waals surface area contributed by atoms with Gasteiger partial charge in [0.2, 0.25) is 0 Å². The number of hydrogen-bond donors (Lipinski definition) is 2. The predicted molar refractivity (Wildman–Crippen MR) is 105 cm³/mol. The van der Waals surface area contributed by atoms with Crippen LogP contribution in [0.5, 0.6) is 0 Å². The van der Waals surface area contributed by atoms with E-state index in [1.807, 2.05) is 49.4 Å². The summed E-state index contributed by atoms with van der Waals surface area (Å²) >= 11 is 0. The van der Waals surface area contributed by atoms with Gasteiger partial charge in [-0.2, -0.15) is 5.10 Å². The van der Waals surface area contributed by atoms with Crippen molar-refractivity contribution in [1.82, 2.24) is 15.1 Å². The van der Waals surface area contributed by atoms with E-state index in [0.717, 1.165) is 16.9 Å². The second kappa shape index (κ2) is 7.19. The molecule has 1 aliphatic rings. The number of nitrogens with zero attached hydrogens (tertiary/aromatic N) is 2. The van der Waals surface area contributed by atoms with Gasteiger partial charge in [-0.05, 0) is 37.6 Å². The smallest absolute Gasteiger partial charge is 0.359 e. The molecular weight excluding hydrogens is 356 g/mol. The van der Waals surface area contributed by atoms with Crippen molar-refractivity contribution in [2.75, 3.05) is 11.9 Å². The molecule has 0 saturated heterocycles. The van der Waals surface area contributed by atoms with E-state index in [9.17, 15) is 9.59 Å². The Morgan fingerprint density at radius 1 is 1.14 bits per heavy atom. The van der Waals surface area contributed by atoms with Gasteiger partial charge in [-0.25, -0.2) is 9.48 Å². The molecule has 142 valence electrons. The molecule has 0 fully saturated rings. The van der Waals surface area contributed by atoms with E-state index in [-0.39, 0.29) is 18.2 Å². The minimum Gasteiger partial charge on any atom is -0.461 e. The van der Waals surface area contributed by atoms with Crippen molar-refractivity contribution >= 4 is 17.6 Å². The van der Waals surface area contributed by atoms with Crippen molar-refractivity contribution in [3.8, 4) is 5.69 Å². The molecule has 0 spiro atoms. The van der Waals surface area contributed by atoms with Crippen LogP contribution in [0.25, 0.3) is 5.69 Å². The van der Waals surface area contributed by atoms with E-state index < -0.39 is 12.1 Å². The molecule has 1 amide bonds. The second-order valence-electron chi connectivity index (χ2n) is 6.48. The van der Waals surface area contributed by atoms with Gasteiger partial charge in [0.1, 0.15) is 6.17 Å². The fraction of sp³-hybridized carbons (Fsp3) is 0.190. The second-order valence-corrected chi connectivity index (χ2v) is 6.48. The SMILES string of the molecule is CCOC(=O)c1nn(-c2ccccc2)cc1C1NC(=O)c2cccc(C)c2N1. The molecule has 2 N–H and O–H groups in total. The molecule has 4 rings (SSSR count). The summed E-state index contributed by atoms with van der Waals surface area (Å²) in [6.07, 6.45) is 1.14. The topological polar surface area (TPSA) is 85.2 Å². The third-order valence-electron chi connectivity index (χ3n) is 4.62. The third kappa shape index (κ3) is 3.11. The predicted octanol–water partition coefficient (Wildman–Crippen LogP) is 3.21. The van der Waals surface area contributed by atoms with Crippen LogP contribution in [-0.4, -0.2) is 28.3 Å². The number of carbonyl (C=O) groups excluding carboxylic acids is 2. The summed E-state index contributed by atoms with van der Waals surface area (Å²) in [5.74, 6) is -0.733. The Bertz CT molecular complexity index is 1040. The van der Waals surface area contributed by atoms with Crippen molar-refractivity contribution < 1.29 is 14.3 Å². The number of rotatable bonds is 4. The average molecular weight is 376 g/mol. The summed E-state index contributed by atoms with van der Waals surface area (Å²) in [4.78, 5) is 25.1. The van der Waals surface area contributed by atoms with Crippen molar-refractivity contribution in [3.63, 3.8) is 0 Å². The number of para-hydroxylation sites is 2. The zero-order valence-corrected chi connectivity index (χ0v) is 15.6. The van der Waals surface area contributed by atoms with Crippen LogP contribution in [0.4, 0.5) is 5.69 Å². The third-order valence-corrected chi connectivity index (χ3v) is 4.62. The van der Waals surface area contributed by atoms with Gasteiger partial charge in [0.15, 0.2) is 5.69 Å². The number of esters is 1. The highest BCUT2D eigenvalue weighted by Crippen LogP contribution is 2.31. The van der Waals surface area contributed by atoms with Gasteiger partial charge in [-0.1, -0.05) is 30.3 Å². The lowest BCUT2D eigenvalue weighted by Gasteiger charge is -2.28. The fourth-order valence-electron chi connectivity index (χ4n) is 3.26. The molecule has 7 nitrogen and oxygen atoms in total. The van der Waals surface area contributed by atoms with Crippen LogP contribution in [-0.2, 0) is 4.74 Å². The molecule has 28 heavy (non-hydrogen) atoms. The first-order chi connectivity index (χ1) is 13.6. The standard InChI is InChI=1S/C21H20N4O3/c1-3-28-21(27)18-16(12-25(24-18)14-9-5-4-6-10-14)19-22-17-13(2)8-7-11-15(17)20(26)23-19/h4-12,19,22H,3H2,1-2H3,(H,23,26). The highest BCUT2D eigenvalue weighted by atomic mass is 16.5. The number of hydrogen-bond acceptors (Lipinski definition) is 5. The van der Waals surface area contributed by atoms with Crippen LogP contribution in [0.1, 0.15) is 45.1 Å². The number of nitrogens with one attached hydrogen (secondary N) is 2. The molecular formula is C21H20N4O3. The molecule has 0 aliphatic carbocycles. The maximum absolute atomic E-state index is 12.6. The molecule has 2 aromatic carbocycles. The molecule has 1 unspecified atom stereocenters. The minimum absolute atomic E-state index is 0.167. The molecule has 1 atom stereocenters. The number of aromatic nitrogens is 2. The zero-order valence-electron chi connectivity index (χ0n) is 15.6. The number of benzene rings is 2. The summed E-state index contributed by atoms with van der Waals surface area (Å²) in [6, 6.07) is 15.0. The Morgan fingerprint density at radius 3 is 2.68 bits per heavy atom. The molecule has 3 aromatic rings. The van der Waals surface area contributed by atoms with E-state index in [4.69, 9.17) is 4.74 Å². The van der Waals surface area contributed by atoms with Crippen molar-refractivity contribution in [2.24, 2.45) is 0 Å². The van der Waals surface area contributed by atoms with Crippen molar-refractivity contribution in [2.45, 2.75) is 20.0 Å². The van der Waals surface area contributed by atoms with Crippen LogP contribution < -0.4 is 10.6 Å². The van der Waals surface area contributed by atoms with E-state index in [2.05, 4.69) is 15.7 Å². The number of anilines is 1. The Hall–Kier alpha value is -3.61.